The van der Waals surface area contributed by atoms with E-state index in [-0.39, 0.29) is 17.5 Å². The number of aromatic nitrogens is 1. The quantitative estimate of drug-likeness (QED) is 0.0921. The standard InChI is InChI=1S/C37H27ClN4O3S3/c38-30-16-8-7-15-29(30)32-23-47-37(41-32)42-36(45)33(24-10-3-1-4-11-24)48-27-19-17-26(18-20-27)39-35(44)31(22-28-14-9-21-46-28)40-34(43)25-12-5-2-6-13-25/h1-23,33H,(H,39,44)(H,40,43)(H,41,42,45)/b31-22-. The average Bonchev–Trinajstić information content (AvgIpc) is 3.81. The van der Waals surface area contributed by atoms with Gasteiger partial charge < -0.3 is 16.0 Å². The second-order valence-electron chi connectivity index (χ2n) is 10.3. The molecule has 1 unspecified atom stereocenters. The number of thiazole rings is 1. The van der Waals surface area contributed by atoms with Gasteiger partial charge in [0.1, 0.15) is 10.9 Å². The van der Waals surface area contributed by atoms with Gasteiger partial charge in [-0.3, -0.25) is 14.4 Å². The highest BCUT2D eigenvalue weighted by Gasteiger charge is 2.24. The fraction of sp³-hybridized carbons (Fsp3) is 0.0270. The molecule has 0 bridgehead atoms. The molecule has 1 atom stereocenters. The van der Waals surface area contributed by atoms with Crippen LogP contribution in [0.15, 0.2) is 143 Å². The molecule has 0 aliphatic carbocycles. The number of carbonyl (C=O) groups is 3. The molecule has 2 heterocycles. The highest BCUT2D eigenvalue weighted by atomic mass is 35.5. The van der Waals surface area contributed by atoms with Crippen molar-refractivity contribution in [1.29, 1.82) is 0 Å². The summed E-state index contributed by atoms with van der Waals surface area (Å²) in [7, 11) is 0. The first-order valence-electron chi connectivity index (χ1n) is 14.7. The zero-order chi connectivity index (χ0) is 33.3. The van der Waals surface area contributed by atoms with Gasteiger partial charge in [0.25, 0.3) is 11.8 Å². The largest absolute Gasteiger partial charge is 0.321 e. The lowest BCUT2D eigenvalue weighted by molar-refractivity contribution is -0.116. The van der Waals surface area contributed by atoms with Crippen LogP contribution in [0.2, 0.25) is 5.02 Å². The van der Waals surface area contributed by atoms with Crippen LogP contribution < -0.4 is 16.0 Å². The first kappa shape index (κ1) is 32.9. The van der Waals surface area contributed by atoms with E-state index in [2.05, 4.69) is 20.9 Å². The lowest BCUT2D eigenvalue weighted by atomic mass is 10.1. The summed E-state index contributed by atoms with van der Waals surface area (Å²) < 4.78 is 0. The molecule has 11 heteroatoms. The smallest absolute Gasteiger partial charge is 0.272 e. The third kappa shape index (κ3) is 8.47. The summed E-state index contributed by atoms with van der Waals surface area (Å²) in [6.07, 6.45) is 1.65. The van der Waals surface area contributed by atoms with Gasteiger partial charge in [0.15, 0.2) is 5.13 Å². The summed E-state index contributed by atoms with van der Waals surface area (Å²) in [5, 5.41) is 12.8. The van der Waals surface area contributed by atoms with E-state index in [9.17, 15) is 14.4 Å². The van der Waals surface area contributed by atoms with Gasteiger partial charge in [-0.1, -0.05) is 84.4 Å². The number of thiophene rings is 1. The molecular formula is C37H27ClN4O3S3. The number of anilines is 2. The van der Waals surface area contributed by atoms with Crippen molar-refractivity contribution in [1.82, 2.24) is 10.3 Å². The molecule has 0 saturated heterocycles. The number of nitrogens with one attached hydrogen (secondary N) is 3. The van der Waals surface area contributed by atoms with Gasteiger partial charge in [-0.2, -0.15) is 0 Å². The number of nitrogens with zero attached hydrogens (tertiary/aromatic N) is 1. The van der Waals surface area contributed by atoms with Gasteiger partial charge in [0.05, 0.1) is 5.69 Å². The van der Waals surface area contributed by atoms with Gasteiger partial charge in [0.2, 0.25) is 5.91 Å². The minimum absolute atomic E-state index is 0.116. The number of hydrogen-bond donors (Lipinski definition) is 3. The van der Waals surface area contributed by atoms with Crippen molar-refractivity contribution < 1.29 is 14.4 Å². The van der Waals surface area contributed by atoms with Crippen molar-refractivity contribution in [2.24, 2.45) is 0 Å². The summed E-state index contributed by atoms with van der Waals surface area (Å²) in [6, 6.07) is 36.6. The van der Waals surface area contributed by atoms with Gasteiger partial charge in [0, 0.05) is 37.0 Å². The normalized spacial score (nSPS) is 11.8. The molecule has 48 heavy (non-hydrogen) atoms. The summed E-state index contributed by atoms with van der Waals surface area (Å²) in [4.78, 5) is 46.1. The van der Waals surface area contributed by atoms with E-state index >= 15 is 0 Å². The fourth-order valence-electron chi connectivity index (χ4n) is 4.60. The zero-order valence-corrected chi connectivity index (χ0v) is 28.3. The molecule has 0 aliphatic rings. The van der Waals surface area contributed by atoms with E-state index in [0.717, 1.165) is 20.9 Å². The van der Waals surface area contributed by atoms with Crippen LogP contribution in [0, 0.1) is 0 Å². The number of benzene rings is 4. The van der Waals surface area contributed by atoms with Crippen molar-refractivity contribution in [2.45, 2.75) is 10.1 Å². The Morgan fingerprint density at radius 2 is 1.48 bits per heavy atom. The maximum absolute atomic E-state index is 13.7. The summed E-state index contributed by atoms with van der Waals surface area (Å²) in [6.45, 7) is 0. The molecule has 4 aromatic carbocycles. The van der Waals surface area contributed by atoms with Crippen molar-refractivity contribution in [2.75, 3.05) is 10.6 Å². The third-order valence-corrected chi connectivity index (χ3v) is 10.1. The SMILES string of the molecule is O=C(Nc1ccc(SC(C(=O)Nc2nc(-c3ccccc3Cl)cs2)c2ccccc2)cc1)/C(=C/c1cccs1)NC(=O)c1ccccc1. The Labute approximate surface area is 294 Å². The van der Waals surface area contributed by atoms with Crippen molar-refractivity contribution in [3.05, 3.63) is 159 Å². The van der Waals surface area contributed by atoms with Crippen LogP contribution in [0.3, 0.4) is 0 Å². The molecule has 0 aliphatic heterocycles. The average molecular weight is 707 g/mol. The molecule has 0 fully saturated rings. The van der Waals surface area contributed by atoms with Crippen molar-refractivity contribution in [3.63, 3.8) is 0 Å². The Kier molecular flexibility index (Phi) is 10.8. The number of halogens is 1. The maximum atomic E-state index is 13.7. The molecular weight excluding hydrogens is 680 g/mol. The van der Waals surface area contributed by atoms with E-state index in [1.54, 1.807) is 48.5 Å². The summed E-state index contributed by atoms with van der Waals surface area (Å²) in [5.74, 6) is -1.07. The molecule has 238 valence electrons. The third-order valence-electron chi connectivity index (χ3n) is 6.95. The number of rotatable bonds is 11. The second-order valence-corrected chi connectivity index (χ2v) is 13.7. The van der Waals surface area contributed by atoms with Gasteiger partial charge in [-0.15, -0.1) is 34.4 Å². The van der Waals surface area contributed by atoms with Crippen LogP contribution in [0.4, 0.5) is 10.8 Å². The zero-order valence-electron chi connectivity index (χ0n) is 25.1. The van der Waals surface area contributed by atoms with E-state index in [1.165, 1.54) is 34.4 Å². The lowest BCUT2D eigenvalue weighted by Gasteiger charge is -2.17. The van der Waals surface area contributed by atoms with E-state index in [4.69, 9.17) is 11.6 Å². The molecule has 6 rings (SSSR count). The van der Waals surface area contributed by atoms with Crippen molar-refractivity contribution >= 4 is 80.7 Å². The lowest BCUT2D eigenvalue weighted by Crippen LogP contribution is -2.30. The Bertz CT molecular complexity index is 2050. The van der Waals surface area contributed by atoms with Crippen LogP contribution >= 0.6 is 46.0 Å². The first-order valence-corrected chi connectivity index (χ1v) is 17.7. The molecule has 7 nitrogen and oxygen atoms in total. The predicted octanol–water partition coefficient (Wildman–Crippen LogP) is 9.41. The monoisotopic (exact) mass is 706 g/mol. The number of hydrogen-bond acceptors (Lipinski definition) is 7. The van der Waals surface area contributed by atoms with Gasteiger partial charge in [-0.05, 0) is 65.6 Å². The molecule has 3 amide bonds. The summed E-state index contributed by atoms with van der Waals surface area (Å²) >= 11 is 10.5. The predicted molar refractivity (Wildman–Crippen MR) is 198 cm³/mol. The minimum Gasteiger partial charge on any atom is -0.321 e. The van der Waals surface area contributed by atoms with Crippen LogP contribution in [-0.2, 0) is 9.59 Å². The molecule has 0 radical (unpaired) electrons. The summed E-state index contributed by atoms with van der Waals surface area (Å²) in [5.41, 5.74) is 3.41. The Morgan fingerprint density at radius 1 is 0.771 bits per heavy atom. The molecule has 0 saturated carbocycles. The van der Waals surface area contributed by atoms with Crippen LogP contribution in [0.25, 0.3) is 17.3 Å². The van der Waals surface area contributed by atoms with E-state index < -0.39 is 11.2 Å². The Hall–Kier alpha value is -5.00. The molecule has 0 spiro atoms. The Balaban J connectivity index is 1.16. The number of carbonyl (C=O) groups excluding carboxylic acids is 3. The van der Waals surface area contributed by atoms with Crippen LogP contribution in [-0.4, -0.2) is 22.7 Å². The van der Waals surface area contributed by atoms with E-state index in [0.29, 0.717) is 27.1 Å². The minimum atomic E-state index is -0.576. The van der Waals surface area contributed by atoms with Gasteiger partial charge >= 0.3 is 0 Å². The second kappa shape index (κ2) is 15.7. The highest BCUT2D eigenvalue weighted by Crippen LogP contribution is 2.38. The number of thioether (sulfide) groups is 1. The Morgan fingerprint density at radius 3 is 2.19 bits per heavy atom. The topological polar surface area (TPSA) is 100 Å². The highest BCUT2D eigenvalue weighted by molar-refractivity contribution is 8.00. The molecule has 6 aromatic rings. The molecule has 2 aromatic heterocycles. The first-order chi connectivity index (χ1) is 23.4. The number of amides is 3. The van der Waals surface area contributed by atoms with Crippen LogP contribution in [0.5, 0.6) is 0 Å². The van der Waals surface area contributed by atoms with Crippen LogP contribution in [0.1, 0.15) is 26.0 Å². The van der Waals surface area contributed by atoms with Gasteiger partial charge in [-0.25, -0.2) is 4.98 Å². The van der Waals surface area contributed by atoms with E-state index in [1.807, 2.05) is 89.6 Å². The maximum Gasteiger partial charge on any atom is 0.272 e. The fourth-order valence-corrected chi connectivity index (χ4v) is 7.23. The molecule has 3 N–H and O–H groups in total. The van der Waals surface area contributed by atoms with Crippen molar-refractivity contribution in [3.8, 4) is 11.3 Å².